The molecule has 7 nitrogen and oxygen atoms in total. The zero-order valence-corrected chi connectivity index (χ0v) is 17.2. The van der Waals surface area contributed by atoms with Crippen molar-refractivity contribution in [3.05, 3.63) is 35.8 Å². The van der Waals surface area contributed by atoms with Crippen molar-refractivity contribution in [2.24, 2.45) is 0 Å². The van der Waals surface area contributed by atoms with Crippen molar-refractivity contribution < 1.29 is 19.1 Å². The Morgan fingerprint density at radius 3 is 2.19 bits per heavy atom. The number of pyridine rings is 1. The molecule has 0 aliphatic carbocycles. The monoisotopic (exact) mass is 391 g/mol. The molecule has 0 spiro atoms. The van der Waals surface area contributed by atoms with Gasteiger partial charge in [0.15, 0.2) is 5.82 Å². The molecule has 146 valence electrons. The highest BCUT2D eigenvalue weighted by Crippen LogP contribution is 2.25. The summed E-state index contributed by atoms with van der Waals surface area (Å²) in [5.41, 5.74) is 1.87. The molecule has 0 unspecified atom stereocenters. The summed E-state index contributed by atoms with van der Waals surface area (Å²) in [7, 11) is 0. The molecule has 1 N–H and O–H groups in total. The lowest BCUT2D eigenvalue weighted by Crippen LogP contribution is -2.50. The van der Waals surface area contributed by atoms with Crippen molar-refractivity contribution in [2.45, 2.75) is 52.7 Å². The number of hydrazine groups is 1. The van der Waals surface area contributed by atoms with Gasteiger partial charge in [-0.2, -0.15) is 5.01 Å². The van der Waals surface area contributed by atoms with E-state index in [0.29, 0.717) is 0 Å². The number of anilines is 1. The number of ether oxygens (including phenoxy) is 2. The number of nitrogens with zero attached hydrogens (tertiary/aromatic N) is 2. The van der Waals surface area contributed by atoms with Gasteiger partial charge < -0.3 is 9.47 Å². The molecule has 0 atom stereocenters. The maximum atomic E-state index is 12.6. The number of rotatable bonds is 2. The van der Waals surface area contributed by atoms with Crippen LogP contribution in [0.1, 0.15) is 41.5 Å². The van der Waals surface area contributed by atoms with E-state index >= 15 is 0 Å². The number of hydrogen-bond acceptors (Lipinski definition) is 6. The van der Waals surface area contributed by atoms with Crippen LogP contribution in [0.4, 0.5) is 15.4 Å². The third-order valence-electron chi connectivity index (χ3n) is 2.96. The van der Waals surface area contributed by atoms with E-state index < -0.39 is 23.4 Å². The van der Waals surface area contributed by atoms with E-state index in [4.69, 9.17) is 9.47 Å². The van der Waals surface area contributed by atoms with Crippen LogP contribution in [0.3, 0.4) is 0 Å². The second-order valence-corrected chi connectivity index (χ2v) is 8.76. The average Bonchev–Trinajstić information content (AvgIpc) is 3.03. The Balaban J connectivity index is 2.25. The molecule has 0 fully saturated rings. The SMILES string of the molecule is CC(C)(C)OC(=O)NN(C(=O)OC(C)(C)C)c1ccc(-c2cccs2)cn1. The first-order chi connectivity index (χ1) is 12.4. The summed E-state index contributed by atoms with van der Waals surface area (Å²) in [5, 5.41) is 2.91. The highest BCUT2D eigenvalue weighted by atomic mass is 32.1. The van der Waals surface area contributed by atoms with E-state index in [1.807, 2.05) is 23.6 Å². The van der Waals surface area contributed by atoms with E-state index in [-0.39, 0.29) is 5.82 Å². The van der Waals surface area contributed by atoms with Gasteiger partial charge in [-0.3, -0.25) is 0 Å². The minimum atomic E-state index is -0.780. The van der Waals surface area contributed by atoms with Crippen molar-refractivity contribution in [3.8, 4) is 10.4 Å². The Bertz CT molecular complexity index is 775. The van der Waals surface area contributed by atoms with Crippen LogP contribution in [0, 0.1) is 0 Å². The fourth-order valence-electron chi connectivity index (χ4n) is 2.00. The summed E-state index contributed by atoms with van der Waals surface area (Å²) in [6, 6.07) is 7.38. The van der Waals surface area contributed by atoms with Gasteiger partial charge in [0.2, 0.25) is 0 Å². The summed E-state index contributed by atoms with van der Waals surface area (Å²) >= 11 is 1.59. The zero-order valence-electron chi connectivity index (χ0n) is 16.4. The molecule has 2 aromatic rings. The maximum absolute atomic E-state index is 12.6. The number of aromatic nitrogens is 1. The van der Waals surface area contributed by atoms with Crippen LogP contribution in [0.15, 0.2) is 35.8 Å². The van der Waals surface area contributed by atoms with Crippen LogP contribution in [0.5, 0.6) is 0 Å². The third-order valence-corrected chi connectivity index (χ3v) is 3.88. The summed E-state index contributed by atoms with van der Waals surface area (Å²) in [5.74, 6) is 0.218. The maximum Gasteiger partial charge on any atom is 0.435 e. The lowest BCUT2D eigenvalue weighted by Gasteiger charge is -2.28. The van der Waals surface area contributed by atoms with Crippen molar-refractivity contribution >= 4 is 29.3 Å². The first-order valence-corrected chi connectivity index (χ1v) is 9.35. The number of hydrogen-bond donors (Lipinski definition) is 1. The zero-order chi connectivity index (χ0) is 20.2. The van der Waals surface area contributed by atoms with Crippen molar-refractivity contribution in [3.63, 3.8) is 0 Å². The number of carbonyl (C=O) groups excluding carboxylic acids is 2. The average molecular weight is 391 g/mol. The summed E-state index contributed by atoms with van der Waals surface area (Å²) in [6.45, 7) is 10.4. The van der Waals surface area contributed by atoms with Gasteiger partial charge in [-0.25, -0.2) is 20.0 Å². The van der Waals surface area contributed by atoms with E-state index in [2.05, 4.69) is 10.4 Å². The van der Waals surface area contributed by atoms with Crippen molar-refractivity contribution in [1.29, 1.82) is 0 Å². The second kappa shape index (κ2) is 7.96. The van der Waals surface area contributed by atoms with Crippen LogP contribution in [-0.4, -0.2) is 28.4 Å². The standard InChI is InChI=1S/C19H25N3O4S/c1-18(2,3)25-16(23)21-22(17(24)26-19(4,5)6)15-10-9-13(12-20-15)14-8-7-11-27-14/h7-12H,1-6H3,(H,21,23). The van der Waals surface area contributed by atoms with Crippen LogP contribution < -0.4 is 10.4 Å². The van der Waals surface area contributed by atoms with Gasteiger partial charge in [-0.15, -0.1) is 11.3 Å². The van der Waals surface area contributed by atoms with Gasteiger partial charge in [0.1, 0.15) is 11.2 Å². The van der Waals surface area contributed by atoms with E-state index in [1.54, 1.807) is 65.1 Å². The highest BCUT2D eigenvalue weighted by Gasteiger charge is 2.28. The smallest absolute Gasteiger partial charge is 0.435 e. The molecule has 2 aromatic heterocycles. The number of thiophene rings is 1. The Hall–Kier alpha value is -2.61. The largest absolute Gasteiger partial charge is 0.443 e. The summed E-state index contributed by atoms with van der Waals surface area (Å²) in [4.78, 5) is 30.1. The quantitative estimate of drug-likeness (QED) is 0.729. The Kier molecular flexibility index (Phi) is 6.10. The molecule has 0 radical (unpaired) electrons. The van der Waals surface area contributed by atoms with Crippen LogP contribution in [-0.2, 0) is 9.47 Å². The molecule has 0 bridgehead atoms. The molecule has 8 heteroatoms. The van der Waals surface area contributed by atoms with E-state index in [0.717, 1.165) is 15.4 Å². The predicted molar refractivity (Wildman–Crippen MR) is 106 cm³/mol. The highest BCUT2D eigenvalue weighted by molar-refractivity contribution is 7.13. The van der Waals surface area contributed by atoms with Crippen molar-refractivity contribution in [2.75, 3.05) is 5.01 Å². The second-order valence-electron chi connectivity index (χ2n) is 7.81. The molecular weight excluding hydrogens is 366 g/mol. The Morgan fingerprint density at radius 1 is 1.04 bits per heavy atom. The van der Waals surface area contributed by atoms with Crippen LogP contribution >= 0.6 is 11.3 Å². The first kappa shape index (κ1) is 20.7. The first-order valence-electron chi connectivity index (χ1n) is 8.47. The predicted octanol–water partition coefficient (Wildman–Crippen LogP) is 4.99. The fraction of sp³-hybridized carbons (Fsp3) is 0.421. The van der Waals surface area contributed by atoms with Crippen LogP contribution in [0.2, 0.25) is 0 Å². The number of amides is 2. The molecule has 0 saturated carbocycles. The molecule has 0 aliphatic heterocycles. The molecule has 0 aliphatic rings. The Morgan fingerprint density at radius 2 is 1.70 bits per heavy atom. The molecule has 27 heavy (non-hydrogen) atoms. The van der Waals surface area contributed by atoms with E-state index in [1.165, 1.54) is 0 Å². The topological polar surface area (TPSA) is 80.8 Å². The fourth-order valence-corrected chi connectivity index (χ4v) is 2.72. The van der Waals surface area contributed by atoms with Crippen LogP contribution in [0.25, 0.3) is 10.4 Å². The number of nitrogens with one attached hydrogen (secondary N) is 1. The van der Waals surface area contributed by atoms with Gasteiger partial charge in [-0.1, -0.05) is 6.07 Å². The normalized spacial score (nSPS) is 11.6. The van der Waals surface area contributed by atoms with Gasteiger partial charge in [-0.05, 0) is 65.1 Å². The molecule has 2 heterocycles. The minimum Gasteiger partial charge on any atom is -0.443 e. The van der Waals surface area contributed by atoms with Gasteiger partial charge in [0.25, 0.3) is 0 Å². The van der Waals surface area contributed by atoms with E-state index in [9.17, 15) is 9.59 Å². The van der Waals surface area contributed by atoms with Gasteiger partial charge >= 0.3 is 12.2 Å². The van der Waals surface area contributed by atoms with Gasteiger partial charge in [0, 0.05) is 16.6 Å². The molecule has 2 amide bonds. The lowest BCUT2D eigenvalue weighted by molar-refractivity contribution is 0.0424. The molecular formula is C19H25N3O4S. The molecule has 2 rings (SSSR count). The summed E-state index contributed by atoms with van der Waals surface area (Å²) in [6.07, 6.45) is 0.0946. The molecule has 0 aromatic carbocycles. The third kappa shape index (κ3) is 6.56. The van der Waals surface area contributed by atoms with Crippen molar-refractivity contribution in [1.82, 2.24) is 10.4 Å². The Labute approximate surface area is 163 Å². The lowest BCUT2D eigenvalue weighted by atomic mass is 10.2. The van der Waals surface area contributed by atoms with Gasteiger partial charge in [0.05, 0.1) is 0 Å². The molecule has 0 saturated heterocycles. The number of carbonyl (C=O) groups is 2. The minimum absolute atomic E-state index is 0.218. The summed E-state index contributed by atoms with van der Waals surface area (Å²) < 4.78 is 10.6.